The molecule has 8 heteroatoms. The number of halogens is 1. The molecule has 2 aromatic heterocycles. The molecular weight excluding hydrogens is 431 g/mol. The summed E-state index contributed by atoms with van der Waals surface area (Å²) in [6.45, 7) is 5.70. The summed E-state index contributed by atoms with van der Waals surface area (Å²) in [5.74, 6) is 0.238. The van der Waals surface area contributed by atoms with Crippen molar-refractivity contribution in [1.82, 2.24) is 15.3 Å². The Balaban J connectivity index is 1.56. The maximum atomic E-state index is 14.8. The Morgan fingerprint density at radius 1 is 1.18 bits per heavy atom. The molecule has 1 aliphatic rings. The Kier molecular flexibility index (Phi) is 6.38. The van der Waals surface area contributed by atoms with Gasteiger partial charge in [0, 0.05) is 42.0 Å². The molecule has 2 amide bonds. The first kappa shape index (κ1) is 23.4. The Hall–Kier alpha value is -3.73. The summed E-state index contributed by atoms with van der Waals surface area (Å²) < 4.78 is 14.8. The molecule has 7 nitrogen and oxygen atoms in total. The van der Waals surface area contributed by atoms with E-state index >= 15 is 0 Å². The number of nitrogens with zero attached hydrogens (tertiary/aromatic N) is 3. The molecule has 3 aromatic rings. The van der Waals surface area contributed by atoms with Gasteiger partial charge in [0.25, 0.3) is 0 Å². The van der Waals surface area contributed by atoms with E-state index in [1.807, 2.05) is 32.9 Å². The van der Waals surface area contributed by atoms with Gasteiger partial charge in [0.2, 0.25) is 0 Å². The van der Waals surface area contributed by atoms with Crippen molar-refractivity contribution in [2.24, 2.45) is 5.41 Å². The number of amides is 2. The van der Waals surface area contributed by atoms with Gasteiger partial charge >= 0.3 is 6.03 Å². The Morgan fingerprint density at radius 2 is 1.91 bits per heavy atom. The summed E-state index contributed by atoms with van der Waals surface area (Å²) >= 11 is 0. The van der Waals surface area contributed by atoms with E-state index in [0.29, 0.717) is 0 Å². The summed E-state index contributed by atoms with van der Waals surface area (Å²) in [6, 6.07) is 8.83. The van der Waals surface area contributed by atoms with Crippen LogP contribution in [0.25, 0.3) is 22.0 Å². The molecular formula is C26H29FN6O. The number of nitriles is 1. The smallest absolute Gasteiger partial charge is 0.319 e. The van der Waals surface area contributed by atoms with Gasteiger partial charge in [-0.1, -0.05) is 0 Å². The average Bonchev–Trinajstić information content (AvgIpc) is 2.82. The molecule has 0 bridgehead atoms. The number of urea groups is 1. The molecule has 3 N–H and O–H groups in total. The van der Waals surface area contributed by atoms with Gasteiger partial charge in [-0.05, 0) is 75.8 Å². The third-order valence-corrected chi connectivity index (χ3v) is 6.69. The van der Waals surface area contributed by atoms with Crippen LogP contribution in [0.4, 0.5) is 20.7 Å². The van der Waals surface area contributed by atoms with Crippen molar-refractivity contribution in [3.05, 3.63) is 47.5 Å². The molecule has 4 rings (SSSR count). The lowest BCUT2D eigenvalue weighted by molar-refractivity contribution is 0.226. The fraction of sp³-hybridized carbons (Fsp3) is 0.385. The molecule has 0 spiro atoms. The first-order chi connectivity index (χ1) is 16.2. The van der Waals surface area contributed by atoms with Crippen molar-refractivity contribution >= 4 is 28.4 Å². The lowest BCUT2D eigenvalue weighted by atomic mass is 9.75. The van der Waals surface area contributed by atoms with Gasteiger partial charge in [-0.25, -0.2) is 14.2 Å². The molecule has 0 saturated heterocycles. The van der Waals surface area contributed by atoms with Crippen LogP contribution in [0.1, 0.15) is 43.9 Å². The predicted octanol–water partition coefficient (Wildman–Crippen LogP) is 5.69. The molecule has 0 radical (unpaired) electrons. The zero-order valence-corrected chi connectivity index (χ0v) is 19.9. The molecule has 1 aromatic carbocycles. The highest BCUT2D eigenvalue weighted by atomic mass is 19.1. The molecule has 1 saturated carbocycles. The van der Waals surface area contributed by atoms with E-state index in [1.54, 1.807) is 19.3 Å². The molecule has 176 valence electrons. The van der Waals surface area contributed by atoms with Crippen LogP contribution >= 0.6 is 0 Å². The third-order valence-electron chi connectivity index (χ3n) is 6.69. The molecule has 0 atom stereocenters. The van der Waals surface area contributed by atoms with E-state index < -0.39 is 11.8 Å². The van der Waals surface area contributed by atoms with Crippen LogP contribution in [-0.4, -0.2) is 29.1 Å². The van der Waals surface area contributed by atoms with E-state index in [2.05, 4.69) is 27.0 Å². The van der Waals surface area contributed by atoms with E-state index in [0.717, 1.165) is 64.8 Å². The second-order valence-corrected chi connectivity index (χ2v) is 9.33. The number of nitrogens with one attached hydrogen (secondary N) is 3. The Morgan fingerprint density at radius 3 is 2.59 bits per heavy atom. The number of carbonyl (C=O) groups is 1. The minimum absolute atomic E-state index is 0.0312. The molecule has 1 aliphatic carbocycles. The van der Waals surface area contributed by atoms with Crippen molar-refractivity contribution < 1.29 is 9.18 Å². The van der Waals surface area contributed by atoms with Gasteiger partial charge in [-0.3, -0.25) is 4.98 Å². The maximum absolute atomic E-state index is 14.8. The zero-order valence-electron chi connectivity index (χ0n) is 19.9. The third kappa shape index (κ3) is 4.79. The minimum Gasteiger partial charge on any atom is -0.373 e. The monoisotopic (exact) mass is 460 g/mol. The largest absolute Gasteiger partial charge is 0.373 e. The van der Waals surface area contributed by atoms with Gasteiger partial charge in [-0.15, -0.1) is 0 Å². The van der Waals surface area contributed by atoms with Crippen LogP contribution < -0.4 is 16.0 Å². The molecule has 0 aliphatic heterocycles. The molecule has 2 heterocycles. The van der Waals surface area contributed by atoms with Gasteiger partial charge in [0.1, 0.15) is 11.6 Å². The normalized spacial score (nSPS) is 19.9. The topological polar surface area (TPSA) is 103 Å². The van der Waals surface area contributed by atoms with Crippen LogP contribution in [0.5, 0.6) is 0 Å². The van der Waals surface area contributed by atoms with E-state index in [1.165, 1.54) is 6.07 Å². The quantitative estimate of drug-likeness (QED) is 0.464. The minimum atomic E-state index is -0.496. The molecule has 1 fully saturated rings. The van der Waals surface area contributed by atoms with E-state index in [-0.39, 0.29) is 17.1 Å². The number of pyridine rings is 2. The fourth-order valence-electron chi connectivity index (χ4n) is 4.49. The van der Waals surface area contributed by atoms with E-state index in [9.17, 15) is 14.4 Å². The van der Waals surface area contributed by atoms with Crippen LogP contribution in [-0.2, 0) is 0 Å². The number of aryl methyl sites for hydroxylation is 2. The second-order valence-electron chi connectivity index (χ2n) is 9.33. The summed E-state index contributed by atoms with van der Waals surface area (Å²) in [7, 11) is 1.81. The lowest BCUT2D eigenvalue weighted by Gasteiger charge is -2.32. The number of anilines is 2. The number of hydrogen-bond donors (Lipinski definition) is 3. The van der Waals surface area contributed by atoms with Crippen molar-refractivity contribution in [3.63, 3.8) is 0 Å². The van der Waals surface area contributed by atoms with Crippen LogP contribution in [0.2, 0.25) is 0 Å². The Bertz CT molecular complexity index is 1290. The van der Waals surface area contributed by atoms with Gasteiger partial charge < -0.3 is 16.0 Å². The van der Waals surface area contributed by atoms with Crippen LogP contribution in [0, 0.1) is 36.4 Å². The SMILES string of the molecule is CNc1cc2nc(C)c(-c3cc(NC(=O)NC4CCC(C)(C#N)CC4)c(F)cc3C)cc2cn1. The van der Waals surface area contributed by atoms with Gasteiger partial charge in [0.15, 0.2) is 0 Å². The van der Waals surface area contributed by atoms with E-state index in [4.69, 9.17) is 4.98 Å². The van der Waals surface area contributed by atoms with Crippen molar-refractivity contribution in [3.8, 4) is 17.2 Å². The Labute approximate surface area is 198 Å². The average molecular weight is 461 g/mol. The number of aromatic nitrogens is 2. The number of carbonyl (C=O) groups excluding carboxylic acids is 1. The maximum Gasteiger partial charge on any atom is 0.319 e. The van der Waals surface area contributed by atoms with Crippen molar-refractivity contribution in [1.29, 1.82) is 5.26 Å². The van der Waals surface area contributed by atoms with Crippen molar-refractivity contribution in [2.45, 2.75) is 52.5 Å². The van der Waals surface area contributed by atoms with Crippen LogP contribution in [0.3, 0.4) is 0 Å². The highest BCUT2D eigenvalue weighted by Crippen LogP contribution is 2.35. The fourth-order valence-corrected chi connectivity index (χ4v) is 4.49. The number of rotatable bonds is 4. The summed E-state index contributed by atoms with van der Waals surface area (Å²) in [6.07, 6.45) is 4.67. The van der Waals surface area contributed by atoms with Crippen LogP contribution in [0.15, 0.2) is 30.5 Å². The standard InChI is InChI=1S/C26H29FN6O/c1-15-9-21(27)23(33-25(34)32-18-5-7-26(3,14-28)8-6-18)11-19(15)20-10-17-13-30-24(29-4)12-22(17)31-16(20)2/h9-13,18H,5-8H2,1-4H3,(H,29,30)(H2,32,33,34). The van der Waals surface area contributed by atoms with Gasteiger partial charge in [-0.2, -0.15) is 5.26 Å². The highest BCUT2D eigenvalue weighted by molar-refractivity contribution is 5.92. The summed E-state index contributed by atoms with van der Waals surface area (Å²) in [4.78, 5) is 21.7. The van der Waals surface area contributed by atoms with Crippen molar-refractivity contribution in [2.75, 3.05) is 17.7 Å². The zero-order chi connectivity index (χ0) is 24.5. The van der Waals surface area contributed by atoms with Gasteiger partial charge in [0.05, 0.1) is 22.7 Å². The first-order valence-corrected chi connectivity index (χ1v) is 11.5. The first-order valence-electron chi connectivity index (χ1n) is 11.5. The molecule has 34 heavy (non-hydrogen) atoms. The predicted molar refractivity (Wildman–Crippen MR) is 132 cm³/mol. The number of fused-ring (bicyclic) bond motifs is 1. The lowest BCUT2D eigenvalue weighted by Crippen LogP contribution is -2.41. The number of benzene rings is 1. The molecule has 0 unspecified atom stereocenters. The summed E-state index contributed by atoms with van der Waals surface area (Å²) in [5.41, 5.74) is 3.79. The second kappa shape index (κ2) is 9.26. The summed E-state index contributed by atoms with van der Waals surface area (Å²) in [5, 5.41) is 18.8. The highest BCUT2D eigenvalue weighted by Gasteiger charge is 2.31. The number of hydrogen-bond acceptors (Lipinski definition) is 5.